The molecule has 0 aliphatic heterocycles. The van der Waals surface area contributed by atoms with Crippen LogP contribution in [0, 0.1) is 5.82 Å². The molecule has 1 rings (SSSR count). The van der Waals surface area contributed by atoms with Crippen molar-refractivity contribution in [2.75, 3.05) is 0 Å². The maximum absolute atomic E-state index is 12.2. The van der Waals surface area contributed by atoms with Gasteiger partial charge >= 0.3 is 0 Å². The van der Waals surface area contributed by atoms with Crippen LogP contribution in [-0.4, -0.2) is 4.98 Å². The first-order chi connectivity index (χ1) is 3.80. The van der Waals surface area contributed by atoms with Crippen molar-refractivity contribution in [1.29, 1.82) is 0 Å². The summed E-state index contributed by atoms with van der Waals surface area (Å²) in [4.78, 5) is 3.54. The molecule has 8 heavy (non-hydrogen) atoms. The van der Waals surface area contributed by atoms with Gasteiger partial charge in [-0.1, -0.05) is 0 Å². The number of hydrogen-bond donors (Lipinski definition) is 0. The van der Waals surface area contributed by atoms with Crippen molar-refractivity contribution in [1.82, 2.24) is 4.98 Å². The third kappa shape index (κ3) is 1.04. The molecule has 0 aliphatic carbocycles. The fourth-order valence-electron chi connectivity index (χ4n) is 0.358. The van der Waals surface area contributed by atoms with Crippen LogP contribution in [0.5, 0.6) is 0 Å². The Morgan fingerprint density at radius 1 is 1.62 bits per heavy atom. The van der Waals surface area contributed by atoms with Crippen LogP contribution in [0.3, 0.4) is 0 Å². The molecule has 42 valence electrons. The van der Waals surface area contributed by atoms with E-state index in [9.17, 15) is 4.39 Å². The summed E-state index contributed by atoms with van der Waals surface area (Å²) in [5, 5.41) is 0. The summed E-state index contributed by atoms with van der Waals surface area (Å²) >= 11 is 2.98. The lowest BCUT2D eigenvalue weighted by Gasteiger charge is -1.86. The highest BCUT2D eigenvalue weighted by atomic mass is 79.9. The molecule has 0 N–H and O–H groups in total. The van der Waals surface area contributed by atoms with Gasteiger partial charge in [-0.25, -0.2) is 4.39 Å². The molecule has 0 unspecified atom stereocenters. The van der Waals surface area contributed by atoms with Gasteiger partial charge in [-0.05, 0) is 22.0 Å². The van der Waals surface area contributed by atoms with E-state index in [2.05, 4.69) is 20.9 Å². The van der Waals surface area contributed by atoms with Crippen molar-refractivity contribution in [3.63, 3.8) is 0 Å². The van der Waals surface area contributed by atoms with Gasteiger partial charge in [-0.3, -0.25) is 4.98 Å². The Bertz CT molecular complexity index is 169. The van der Waals surface area contributed by atoms with Crippen molar-refractivity contribution in [2.45, 2.75) is 0 Å². The fraction of sp³-hybridized carbons (Fsp3) is 0. The largest absolute Gasteiger partial charge is 0.262 e. The average Bonchev–Trinajstić information content (AvgIpc) is 1.77. The topological polar surface area (TPSA) is 12.9 Å². The minimum atomic E-state index is -0.326. The van der Waals surface area contributed by atoms with Gasteiger partial charge in [0, 0.05) is 6.20 Å². The van der Waals surface area contributed by atoms with Crippen LogP contribution in [0.1, 0.15) is 0 Å². The summed E-state index contributed by atoms with van der Waals surface area (Å²) in [6.07, 6.45) is 2.68. The van der Waals surface area contributed by atoms with E-state index in [-0.39, 0.29) is 5.82 Å². The molecule has 3 heteroatoms. The minimum Gasteiger partial charge on any atom is -0.262 e. The molecule has 0 bridgehead atoms. The molecule has 0 fully saturated rings. The number of hydrogen-bond acceptors (Lipinski definition) is 1. The van der Waals surface area contributed by atoms with E-state index in [1.165, 1.54) is 6.20 Å². The van der Waals surface area contributed by atoms with E-state index in [0.717, 1.165) is 6.20 Å². The molecule has 0 saturated heterocycles. The van der Waals surface area contributed by atoms with Crippen LogP contribution in [0.2, 0.25) is 0 Å². The lowest BCUT2D eigenvalue weighted by atomic mass is 10.5. The Balaban J connectivity index is 3.13. The van der Waals surface area contributed by atoms with E-state index < -0.39 is 0 Å². The summed E-state index contributed by atoms with van der Waals surface area (Å²) in [5.41, 5.74) is 0. The Kier molecular flexibility index (Phi) is 1.58. The highest BCUT2D eigenvalue weighted by molar-refractivity contribution is 9.10. The third-order valence-electron chi connectivity index (χ3n) is 0.723. The van der Waals surface area contributed by atoms with Crippen molar-refractivity contribution in [3.8, 4) is 0 Å². The zero-order chi connectivity index (χ0) is 5.98. The lowest BCUT2D eigenvalue weighted by molar-refractivity contribution is 0.614. The predicted octanol–water partition coefficient (Wildman–Crippen LogP) is 1.98. The first-order valence-corrected chi connectivity index (χ1v) is 2.85. The molecular weight excluding hydrogens is 173 g/mol. The maximum Gasteiger partial charge on any atom is 0.155 e. The van der Waals surface area contributed by atoms with E-state index >= 15 is 0 Å². The smallest absolute Gasteiger partial charge is 0.155 e. The van der Waals surface area contributed by atoms with Gasteiger partial charge < -0.3 is 0 Å². The normalized spacial score (nSPS) is 9.25. The molecule has 0 aliphatic rings. The molecule has 1 aromatic heterocycles. The van der Waals surface area contributed by atoms with Crippen molar-refractivity contribution >= 4 is 15.9 Å². The molecule has 0 aromatic carbocycles. The molecule has 1 nitrogen and oxygen atoms in total. The number of halogens is 2. The minimum absolute atomic E-state index is 0.326. The fourth-order valence-corrected chi connectivity index (χ4v) is 0.579. The molecule has 0 saturated carbocycles. The quantitative estimate of drug-likeness (QED) is 0.588. The monoisotopic (exact) mass is 175 g/mol. The lowest BCUT2D eigenvalue weighted by Crippen LogP contribution is -1.75. The molecule has 1 aromatic rings. The zero-order valence-corrected chi connectivity index (χ0v) is 5.52. The maximum atomic E-state index is 12.2. The first kappa shape index (κ1) is 5.69. The third-order valence-corrected chi connectivity index (χ3v) is 1.37. The molecule has 0 spiro atoms. The number of aromatic nitrogens is 1. The van der Waals surface area contributed by atoms with Crippen LogP contribution in [-0.2, 0) is 0 Å². The van der Waals surface area contributed by atoms with Gasteiger partial charge in [0.1, 0.15) is 0 Å². The van der Waals surface area contributed by atoms with Crippen molar-refractivity contribution in [2.24, 2.45) is 0 Å². The van der Waals surface area contributed by atoms with Crippen LogP contribution >= 0.6 is 15.9 Å². The average molecular weight is 176 g/mol. The first-order valence-electron chi connectivity index (χ1n) is 2.06. The van der Waals surface area contributed by atoms with Crippen molar-refractivity contribution < 1.29 is 4.39 Å². The van der Waals surface area contributed by atoms with Crippen LogP contribution in [0.4, 0.5) is 4.39 Å². The second-order valence-corrected chi connectivity index (χ2v) is 2.14. The molecular formula is C5H3BrFN. The molecule has 0 atom stereocenters. The second kappa shape index (κ2) is 2.22. The number of pyridine rings is 1. The standard InChI is InChI=1S/C5H3BrFN/c6-4-1-2-8-3-5(4)7/h1-3H. The predicted molar refractivity (Wildman–Crippen MR) is 31.9 cm³/mol. The summed E-state index contributed by atoms with van der Waals surface area (Å²) in [6, 6.07) is 1.55. The number of nitrogens with zero attached hydrogens (tertiary/aromatic N) is 1. The Hall–Kier alpha value is -0.440. The molecule has 0 radical (unpaired) electrons. The van der Waals surface area contributed by atoms with E-state index in [1.807, 2.05) is 0 Å². The summed E-state index contributed by atoms with van der Waals surface area (Å²) < 4.78 is 12.7. The molecule has 1 heterocycles. The summed E-state index contributed by atoms with van der Waals surface area (Å²) in [7, 11) is 0. The van der Waals surface area contributed by atoms with Gasteiger partial charge in [0.05, 0.1) is 10.7 Å². The van der Waals surface area contributed by atoms with E-state index in [4.69, 9.17) is 0 Å². The van der Waals surface area contributed by atoms with Gasteiger partial charge in [-0.15, -0.1) is 0 Å². The zero-order valence-electron chi connectivity index (χ0n) is 3.94. The van der Waals surface area contributed by atoms with E-state index in [0.29, 0.717) is 4.47 Å². The van der Waals surface area contributed by atoms with Crippen LogP contribution in [0.15, 0.2) is 22.9 Å². The van der Waals surface area contributed by atoms with Crippen molar-refractivity contribution in [3.05, 3.63) is 28.7 Å². The highest BCUT2D eigenvalue weighted by Gasteiger charge is 1.92. The Labute approximate surface area is 54.7 Å². The van der Waals surface area contributed by atoms with E-state index in [1.54, 1.807) is 6.07 Å². The van der Waals surface area contributed by atoms with Crippen LogP contribution in [0.25, 0.3) is 0 Å². The second-order valence-electron chi connectivity index (χ2n) is 1.29. The van der Waals surface area contributed by atoms with Crippen LogP contribution < -0.4 is 0 Å². The highest BCUT2D eigenvalue weighted by Crippen LogP contribution is 2.10. The van der Waals surface area contributed by atoms with Gasteiger partial charge in [0.15, 0.2) is 5.82 Å². The number of rotatable bonds is 0. The Morgan fingerprint density at radius 3 is 2.75 bits per heavy atom. The summed E-state index contributed by atoms with van der Waals surface area (Å²) in [6.45, 7) is 0. The SMILES string of the molecule is Fc1cnccc1Br. The summed E-state index contributed by atoms with van der Waals surface area (Å²) in [5.74, 6) is -0.326. The Morgan fingerprint density at radius 2 is 2.38 bits per heavy atom. The van der Waals surface area contributed by atoms with Gasteiger partial charge in [0.2, 0.25) is 0 Å². The van der Waals surface area contributed by atoms with Gasteiger partial charge in [0.25, 0.3) is 0 Å². The molecule has 0 amide bonds. The van der Waals surface area contributed by atoms with Gasteiger partial charge in [-0.2, -0.15) is 0 Å².